The molecule has 0 aliphatic rings. The van der Waals surface area contributed by atoms with E-state index in [1.807, 2.05) is 6.92 Å². The predicted octanol–water partition coefficient (Wildman–Crippen LogP) is 0.964. The fourth-order valence-corrected chi connectivity index (χ4v) is 3.19. The summed E-state index contributed by atoms with van der Waals surface area (Å²) in [6, 6.07) is 0. The second-order valence-corrected chi connectivity index (χ2v) is 7.83. The lowest BCUT2D eigenvalue weighted by Crippen LogP contribution is -2.26. The number of nitrogens with two attached hydrogens (primary N) is 1. The van der Waals surface area contributed by atoms with Crippen LogP contribution in [0.2, 0.25) is 0 Å². The Labute approximate surface area is 154 Å². The van der Waals surface area contributed by atoms with Crippen LogP contribution in [0, 0.1) is 0 Å². The van der Waals surface area contributed by atoms with Gasteiger partial charge in [0.1, 0.15) is 11.3 Å². The quantitative estimate of drug-likeness (QED) is 0.493. The summed E-state index contributed by atoms with van der Waals surface area (Å²) in [6.45, 7) is 6.51. The monoisotopic (exact) mass is 384 g/mol. The van der Waals surface area contributed by atoms with Gasteiger partial charge in [0.05, 0.1) is 36.9 Å². The topological polar surface area (TPSA) is 124 Å². The number of hydrogen-bond acceptors (Lipinski definition) is 7. The third kappa shape index (κ3) is 5.29. The molecule has 4 N–H and O–H groups in total. The number of nitrogen functional groups attached to an aromatic ring is 1. The zero-order valence-electron chi connectivity index (χ0n) is 15.6. The minimum atomic E-state index is -3.19. The SMILES string of the molecule is CCCc1nc2c(N)ncc(NCC)c2n1CCOCCNS(C)(=O)=O. The molecule has 0 saturated carbocycles. The fraction of sp³-hybridized carbons (Fsp3) is 0.625. The average molecular weight is 385 g/mol. The minimum absolute atomic E-state index is 0.255. The number of rotatable bonds is 11. The first-order chi connectivity index (χ1) is 12.4. The molecule has 10 heteroatoms. The number of nitrogens with one attached hydrogen (secondary N) is 2. The van der Waals surface area contributed by atoms with Crippen molar-refractivity contribution >= 4 is 32.6 Å². The highest BCUT2D eigenvalue weighted by Crippen LogP contribution is 2.28. The largest absolute Gasteiger partial charge is 0.382 e. The van der Waals surface area contributed by atoms with Crippen LogP contribution < -0.4 is 15.8 Å². The third-order valence-electron chi connectivity index (χ3n) is 3.79. The van der Waals surface area contributed by atoms with Gasteiger partial charge in [0, 0.05) is 26.1 Å². The number of ether oxygens (including phenoxy) is 1. The van der Waals surface area contributed by atoms with Crippen LogP contribution in [-0.2, 0) is 27.7 Å². The number of imidazole rings is 1. The molecule has 0 fully saturated rings. The zero-order chi connectivity index (χ0) is 19.2. The van der Waals surface area contributed by atoms with Gasteiger partial charge >= 0.3 is 0 Å². The molecule has 0 aromatic carbocycles. The fourth-order valence-electron chi connectivity index (χ4n) is 2.74. The Kier molecular flexibility index (Phi) is 7.18. The molecule has 0 aliphatic carbocycles. The number of pyridine rings is 1. The Morgan fingerprint density at radius 3 is 2.73 bits per heavy atom. The van der Waals surface area contributed by atoms with Gasteiger partial charge in [-0.1, -0.05) is 6.92 Å². The molecule has 2 aromatic heterocycles. The Balaban J connectivity index is 2.15. The van der Waals surface area contributed by atoms with Crippen LogP contribution >= 0.6 is 0 Å². The Morgan fingerprint density at radius 1 is 1.31 bits per heavy atom. The number of fused-ring (bicyclic) bond motifs is 1. The van der Waals surface area contributed by atoms with E-state index in [-0.39, 0.29) is 6.54 Å². The van der Waals surface area contributed by atoms with E-state index in [1.165, 1.54) is 0 Å². The lowest BCUT2D eigenvalue weighted by molar-refractivity contribution is 0.131. The predicted molar refractivity (Wildman–Crippen MR) is 104 cm³/mol. The van der Waals surface area contributed by atoms with Crippen LogP contribution in [0.5, 0.6) is 0 Å². The lowest BCUT2D eigenvalue weighted by atomic mass is 10.3. The highest BCUT2D eigenvalue weighted by molar-refractivity contribution is 7.88. The molecular formula is C16H28N6O3S. The maximum absolute atomic E-state index is 11.0. The van der Waals surface area contributed by atoms with Crippen molar-refractivity contribution in [3.63, 3.8) is 0 Å². The second kappa shape index (κ2) is 9.15. The Bertz CT molecular complexity index is 834. The summed E-state index contributed by atoms with van der Waals surface area (Å²) in [7, 11) is -3.19. The third-order valence-corrected chi connectivity index (χ3v) is 4.52. The molecule has 0 amide bonds. The number of aryl methyl sites for hydroxylation is 1. The van der Waals surface area contributed by atoms with E-state index in [0.29, 0.717) is 31.1 Å². The highest BCUT2D eigenvalue weighted by atomic mass is 32.2. The maximum atomic E-state index is 11.0. The normalized spacial score (nSPS) is 12.0. The first kappa shape index (κ1) is 20.4. The average Bonchev–Trinajstić information content (AvgIpc) is 2.92. The minimum Gasteiger partial charge on any atom is -0.382 e. The van der Waals surface area contributed by atoms with Gasteiger partial charge in [-0.15, -0.1) is 0 Å². The van der Waals surface area contributed by atoms with Gasteiger partial charge in [-0.25, -0.2) is 23.1 Å². The van der Waals surface area contributed by atoms with Crippen molar-refractivity contribution in [1.29, 1.82) is 0 Å². The summed E-state index contributed by atoms with van der Waals surface area (Å²) < 4.78 is 32.2. The maximum Gasteiger partial charge on any atom is 0.208 e. The van der Waals surface area contributed by atoms with Gasteiger partial charge in [-0.05, 0) is 13.3 Å². The molecule has 0 saturated heterocycles. The smallest absolute Gasteiger partial charge is 0.208 e. The van der Waals surface area contributed by atoms with E-state index < -0.39 is 10.0 Å². The molecule has 0 spiro atoms. The molecule has 0 radical (unpaired) electrons. The lowest BCUT2D eigenvalue weighted by Gasteiger charge is -2.13. The van der Waals surface area contributed by atoms with E-state index in [0.717, 1.165) is 42.7 Å². The number of sulfonamides is 1. The van der Waals surface area contributed by atoms with E-state index >= 15 is 0 Å². The van der Waals surface area contributed by atoms with Gasteiger partial charge in [-0.2, -0.15) is 0 Å². The summed E-state index contributed by atoms with van der Waals surface area (Å²) in [5, 5.41) is 3.30. The summed E-state index contributed by atoms with van der Waals surface area (Å²) in [4.78, 5) is 8.91. The second-order valence-electron chi connectivity index (χ2n) is 5.99. The molecule has 0 unspecified atom stereocenters. The first-order valence-electron chi connectivity index (χ1n) is 8.77. The number of hydrogen-bond donors (Lipinski definition) is 3. The van der Waals surface area contributed by atoms with Crippen LogP contribution in [-0.4, -0.2) is 55.5 Å². The van der Waals surface area contributed by atoms with Crippen molar-refractivity contribution in [3.8, 4) is 0 Å². The van der Waals surface area contributed by atoms with Crippen LogP contribution in [0.25, 0.3) is 11.0 Å². The molecule has 0 atom stereocenters. The van der Waals surface area contributed by atoms with Gasteiger partial charge in [0.2, 0.25) is 10.0 Å². The standard InChI is InChI=1S/C16H28N6O3S/c1-4-6-13-21-14-15(12(18-5-2)11-19-16(14)17)22(13)8-10-25-9-7-20-26(3,23)24/h11,18,20H,4-10H2,1-3H3,(H2,17,19). The number of nitrogens with zero attached hydrogens (tertiary/aromatic N) is 3. The molecule has 0 aliphatic heterocycles. The van der Waals surface area contributed by atoms with Crippen molar-refractivity contribution in [2.24, 2.45) is 0 Å². The van der Waals surface area contributed by atoms with E-state index in [1.54, 1.807) is 6.20 Å². The molecule has 2 aromatic rings. The molecule has 9 nitrogen and oxygen atoms in total. The highest BCUT2D eigenvalue weighted by Gasteiger charge is 2.16. The van der Waals surface area contributed by atoms with Crippen LogP contribution in [0.4, 0.5) is 11.5 Å². The van der Waals surface area contributed by atoms with Crippen LogP contribution in [0.15, 0.2) is 6.20 Å². The van der Waals surface area contributed by atoms with Gasteiger partial charge in [0.25, 0.3) is 0 Å². The first-order valence-corrected chi connectivity index (χ1v) is 10.7. The van der Waals surface area contributed by atoms with Crippen molar-refractivity contribution in [1.82, 2.24) is 19.3 Å². The van der Waals surface area contributed by atoms with E-state index in [2.05, 4.69) is 31.5 Å². The number of aromatic nitrogens is 3. The number of anilines is 2. The zero-order valence-corrected chi connectivity index (χ0v) is 16.4. The van der Waals surface area contributed by atoms with Crippen molar-refractivity contribution in [3.05, 3.63) is 12.0 Å². The molecule has 0 bridgehead atoms. The molecule has 2 heterocycles. The summed E-state index contributed by atoms with van der Waals surface area (Å²) in [5.41, 5.74) is 8.55. The van der Waals surface area contributed by atoms with Crippen molar-refractivity contribution < 1.29 is 13.2 Å². The van der Waals surface area contributed by atoms with Gasteiger partial charge in [-0.3, -0.25) is 0 Å². The van der Waals surface area contributed by atoms with Crippen molar-refractivity contribution in [2.75, 3.05) is 43.6 Å². The van der Waals surface area contributed by atoms with Crippen LogP contribution in [0.1, 0.15) is 26.1 Å². The van der Waals surface area contributed by atoms with Gasteiger partial charge < -0.3 is 20.4 Å². The van der Waals surface area contributed by atoms with Crippen molar-refractivity contribution in [2.45, 2.75) is 33.2 Å². The van der Waals surface area contributed by atoms with Gasteiger partial charge in [0.15, 0.2) is 5.82 Å². The van der Waals surface area contributed by atoms with E-state index in [4.69, 9.17) is 10.5 Å². The van der Waals surface area contributed by atoms with E-state index in [9.17, 15) is 8.42 Å². The summed E-state index contributed by atoms with van der Waals surface area (Å²) in [5.74, 6) is 1.36. The molecule has 26 heavy (non-hydrogen) atoms. The Morgan fingerprint density at radius 2 is 2.08 bits per heavy atom. The van der Waals surface area contributed by atoms with Crippen LogP contribution in [0.3, 0.4) is 0 Å². The molecular weight excluding hydrogens is 356 g/mol. The summed E-state index contributed by atoms with van der Waals surface area (Å²) >= 11 is 0. The molecule has 2 rings (SSSR count). The Hall–Kier alpha value is -1.91. The summed E-state index contributed by atoms with van der Waals surface area (Å²) in [6.07, 6.45) is 4.65. The molecule has 146 valence electrons.